The van der Waals surface area contributed by atoms with E-state index in [1.807, 2.05) is 13.8 Å². The predicted molar refractivity (Wildman–Crippen MR) is 92.0 cm³/mol. The van der Waals surface area contributed by atoms with Crippen molar-refractivity contribution in [3.05, 3.63) is 35.6 Å². The molecule has 0 saturated carbocycles. The molecule has 0 bridgehead atoms. The van der Waals surface area contributed by atoms with Gasteiger partial charge in [-0.2, -0.15) is 0 Å². The van der Waals surface area contributed by atoms with Crippen LogP contribution in [-0.4, -0.2) is 60.2 Å². The van der Waals surface area contributed by atoms with Gasteiger partial charge >= 0.3 is 0 Å². The van der Waals surface area contributed by atoms with Gasteiger partial charge in [-0.25, -0.2) is 4.39 Å². The smallest absolute Gasteiger partial charge is 0.248 e. The number of ether oxygens (including phenoxy) is 1. The van der Waals surface area contributed by atoms with Crippen LogP contribution in [-0.2, 0) is 14.3 Å². The maximum atomic E-state index is 13.1. The van der Waals surface area contributed by atoms with Gasteiger partial charge in [-0.15, -0.1) is 11.8 Å². The molecular weight excluding hydrogens is 331 g/mol. The van der Waals surface area contributed by atoms with Crippen molar-refractivity contribution in [2.75, 3.05) is 32.6 Å². The number of carbonyl (C=O) groups is 2. The quantitative estimate of drug-likeness (QED) is 0.754. The monoisotopic (exact) mass is 354 g/mol. The van der Waals surface area contributed by atoms with Crippen LogP contribution in [0.25, 0.3) is 0 Å². The zero-order chi connectivity index (χ0) is 17.7. The van der Waals surface area contributed by atoms with Crippen molar-refractivity contribution in [3.8, 4) is 0 Å². The standard InChI is InChI=1S/C17H23FN2O3S/c1-12(2)19(15(21)10-23-3)8-9-20-16(22)11-24-17(20)13-4-6-14(18)7-5-13/h4-7,12,17H,8-11H2,1-3H3. The fourth-order valence-electron chi connectivity index (χ4n) is 2.69. The fraction of sp³-hybridized carbons (Fsp3) is 0.529. The Balaban J connectivity index is 2.06. The third-order valence-electron chi connectivity index (χ3n) is 3.92. The largest absolute Gasteiger partial charge is 0.375 e. The molecule has 132 valence electrons. The van der Waals surface area contributed by atoms with Crippen molar-refractivity contribution in [2.45, 2.75) is 25.3 Å². The molecule has 0 radical (unpaired) electrons. The van der Waals surface area contributed by atoms with E-state index >= 15 is 0 Å². The minimum Gasteiger partial charge on any atom is -0.375 e. The molecule has 1 heterocycles. The van der Waals surface area contributed by atoms with Crippen molar-refractivity contribution in [2.24, 2.45) is 0 Å². The van der Waals surface area contributed by atoms with Crippen LogP contribution in [0.2, 0.25) is 0 Å². The average Bonchev–Trinajstić information content (AvgIpc) is 2.89. The lowest BCUT2D eigenvalue weighted by atomic mass is 10.2. The third kappa shape index (κ3) is 4.48. The van der Waals surface area contributed by atoms with Crippen LogP contribution in [0.4, 0.5) is 4.39 Å². The van der Waals surface area contributed by atoms with Crippen molar-refractivity contribution < 1.29 is 18.7 Å². The van der Waals surface area contributed by atoms with E-state index in [1.54, 1.807) is 21.9 Å². The Bertz CT molecular complexity index is 580. The number of thioether (sulfide) groups is 1. The minimum absolute atomic E-state index is 0.0299. The molecule has 1 aromatic carbocycles. The number of halogens is 1. The number of amides is 2. The third-order valence-corrected chi connectivity index (χ3v) is 5.17. The normalized spacial score (nSPS) is 17.6. The van der Waals surface area contributed by atoms with Crippen LogP contribution < -0.4 is 0 Å². The molecule has 1 atom stereocenters. The van der Waals surface area contributed by atoms with Gasteiger partial charge in [0.2, 0.25) is 11.8 Å². The lowest BCUT2D eigenvalue weighted by Gasteiger charge is -2.31. The molecule has 0 N–H and O–H groups in total. The minimum atomic E-state index is -0.296. The number of methoxy groups -OCH3 is 1. The Kier molecular flexibility index (Phi) is 6.62. The number of carbonyl (C=O) groups excluding carboxylic acids is 2. The van der Waals surface area contributed by atoms with Crippen LogP contribution in [0.3, 0.4) is 0 Å². The molecule has 0 aliphatic carbocycles. The van der Waals surface area contributed by atoms with Crippen molar-refractivity contribution in [1.29, 1.82) is 0 Å². The summed E-state index contributed by atoms with van der Waals surface area (Å²) in [5.74, 6) is 0.0496. The first kappa shape index (κ1) is 18.7. The molecule has 5 nitrogen and oxygen atoms in total. The van der Waals surface area contributed by atoms with Gasteiger partial charge in [0.1, 0.15) is 17.8 Å². The zero-order valence-electron chi connectivity index (χ0n) is 14.2. The van der Waals surface area contributed by atoms with Crippen LogP contribution >= 0.6 is 11.8 Å². The SMILES string of the molecule is COCC(=O)N(CCN1C(=O)CSC1c1ccc(F)cc1)C(C)C. The summed E-state index contributed by atoms with van der Waals surface area (Å²) in [5, 5.41) is -0.135. The van der Waals surface area contributed by atoms with Crippen LogP contribution in [0.15, 0.2) is 24.3 Å². The van der Waals surface area contributed by atoms with E-state index < -0.39 is 0 Å². The predicted octanol–water partition coefficient (Wildman–Crippen LogP) is 2.28. The summed E-state index contributed by atoms with van der Waals surface area (Å²) < 4.78 is 18.0. The summed E-state index contributed by atoms with van der Waals surface area (Å²) in [6.07, 6.45) is 0. The Labute approximate surface area is 146 Å². The van der Waals surface area contributed by atoms with Gasteiger partial charge in [0.25, 0.3) is 0 Å². The van der Waals surface area contributed by atoms with E-state index in [9.17, 15) is 14.0 Å². The topological polar surface area (TPSA) is 49.9 Å². The Morgan fingerprint density at radius 3 is 2.67 bits per heavy atom. The highest BCUT2D eigenvalue weighted by molar-refractivity contribution is 8.00. The first-order valence-electron chi connectivity index (χ1n) is 7.89. The average molecular weight is 354 g/mol. The number of hydrogen-bond donors (Lipinski definition) is 0. The molecule has 0 spiro atoms. The zero-order valence-corrected chi connectivity index (χ0v) is 15.0. The molecule has 24 heavy (non-hydrogen) atoms. The molecule has 2 amide bonds. The molecule has 1 unspecified atom stereocenters. The molecule has 1 aromatic rings. The van der Waals surface area contributed by atoms with Crippen LogP contribution in [0, 0.1) is 5.82 Å². The van der Waals surface area contributed by atoms with Crippen molar-refractivity contribution in [1.82, 2.24) is 9.80 Å². The van der Waals surface area contributed by atoms with Gasteiger partial charge in [-0.3, -0.25) is 9.59 Å². The summed E-state index contributed by atoms with van der Waals surface area (Å²) in [4.78, 5) is 27.8. The maximum Gasteiger partial charge on any atom is 0.248 e. The van der Waals surface area contributed by atoms with E-state index in [0.717, 1.165) is 5.56 Å². The first-order valence-corrected chi connectivity index (χ1v) is 8.94. The molecule has 1 fully saturated rings. The maximum absolute atomic E-state index is 13.1. The number of hydrogen-bond acceptors (Lipinski definition) is 4. The van der Waals surface area contributed by atoms with E-state index in [1.165, 1.54) is 31.0 Å². The lowest BCUT2D eigenvalue weighted by molar-refractivity contribution is -0.138. The second-order valence-corrected chi connectivity index (χ2v) is 6.98. The van der Waals surface area contributed by atoms with Crippen molar-refractivity contribution >= 4 is 23.6 Å². The van der Waals surface area contributed by atoms with Crippen LogP contribution in [0.1, 0.15) is 24.8 Å². The van der Waals surface area contributed by atoms with Gasteiger partial charge < -0.3 is 14.5 Å². The van der Waals surface area contributed by atoms with Gasteiger partial charge in [-0.1, -0.05) is 12.1 Å². The molecule has 1 saturated heterocycles. The second-order valence-electron chi connectivity index (χ2n) is 5.92. The highest BCUT2D eigenvalue weighted by Gasteiger charge is 2.33. The summed E-state index contributed by atoms with van der Waals surface area (Å²) >= 11 is 1.52. The van der Waals surface area contributed by atoms with Gasteiger partial charge in [0, 0.05) is 26.2 Å². The lowest BCUT2D eigenvalue weighted by Crippen LogP contribution is -2.44. The van der Waals surface area contributed by atoms with E-state index in [0.29, 0.717) is 18.8 Å². The molecule has 7 heteroatoms. The Hall–Kier alpha value is -1.60. The summed E-state index contributed by atoms with van der Waals surface area (Å²) in [7, 11) is 1.49. The second kappa shape index (κ2) is 8.48. The molecule has 0 aromatic heterocycles. The van der Waals surface area contributed by atoms with E-state index in [2.05, 4.69) is 0 Å². The van der Waals surface area contributed by atoms with Gasteiger partial charge in [-0.05, 0) is 31.5 Å². The van der Waals surface area contributed by atoms with E-state index in [4.69, 9.17) is 4.74 Å². The fourth-order valence-corrected chi connectivity index (χ4v) is 3.91. The highest BCUT2D eigenvalue weighted by Crippen LogP contribution is 2.38. The Morgan fingerprint density at radius 2 is 2.08 bits per heavy atom. The molecule has 2 rings (SSSR count). The molecular formula is C17H23FN2O3S. The summed E-state index contributed by atoms with van der Waals surface area (Å²) in [6, 6.07) is 6.24. The number of benzene rings is 1. The van der Waals surface area contributed by atoms with Gasteiger partial charge in [0.15, 0.2) is 0 Å². The summed E-state index contributed by atoms with van der Waals surface area (Å²) in [5.41, 5.74) is 0.895. The summed E-state index contributed by atoms with van der Waals surface area (Å²) in [6.45, 7) is 4.80. The first-order chi connectivity index (χ1) is 11.4. The number of rotatable bonds is 7. The van der Waals surface area contributed by atoms with Crippen molar-refractivity contribution in [3.63, 3.8) is 0 Å². The number of nitrogens with zero attached hydrogens (tertiary/aromatic N) is 2. The van der Waals surface area contributed by atoms with Crippen LogP contribution in [0.5, 0.6) is 0 Å². The highest BCUT2D eigenvalue weighted by atomic mass is 32.2. The van der Waals surface area contributed by atoms with Gasteiger partial charge in [0.05, 0.1) is 5.75 Å². The van der Waals surface area contributed by atoms with E-state index in [-0.39, 0.29) is 35.7 Å². The molecule has 1 aliphatic rings. The Morgan fingerprint density at radius 1 is 1.42 bits per heavy atom. The molecule has 1 aliphatic heterocycles.